The van der Waals surface area contributed by atoms with Gasteiger partial charge in [0.25, 0.3) is 11.8 Å². The number of benzene rings is 4. The van der Waals surface area contributed by atoms with E-state index in [9.17, 15) is 9.59 Å². The van der Waals surface area contributed by atoms with E-state index in [0.29, 0.717) is 78.0 Å². The van der Waals surface area contributed by atoms with Gasteiger partial charge in [-0.25, -0.2) is 0 Å². The molecule has 0 spiro atoms. The summed E-state index contributed by atoms with van der Waals surface area (Å²) in [5, 5.41) is 3.49. The van der Waals surface area contributed by atoms with Crippen LogP contribution in [0.1, 0.15) is 71.9 Å². The number of nitrogens with one attached hydrogen (secondary N) is 1. The lowest BCUT2D eigenvalue weighted by molar-refractivity contribution is 0.0809. The summed E-state index contributed by atoms with van der Waals surface area (Å²) in [6.07, 6.45) is 9.32. The number of nitrogens with zero attached hydrogens (tertiary/aromatic N) is 4. The molecule has 58 heavy (non-hydrogen) atoms. The average Bonchev–Trinajstić information content (AvgIpc) is 3.80. The lowest BCUT2D eigenvalue weighted by Crippen LogP contribution is -2.32. The number of anilines is 1. The maximum absolute atomic E-state index is 13.9. The van der Waals surface area contributed by atoms with Crippen molar-refractivity contribution in [3.63, 3.8) is 0 Å². The van der Waals surface area contributed by atoms with Crippen LogP contribution in [0.5, 0.6) is 28.7 Å². The summed E-state index contributed by atoms with van der Waals surface area (Å²) in [6.45, 7) is 6.99. The van der Waals surface area contributed by atoms with E-state index < -0.39 is 0 Å². The molecule has 4 aliphatic rings. The highest BCUT2D eigenvalue weighted by Crippen LogP contribution is 2.42. The highest BCUT2D eigenvalue weighted by atomic mass is 16.5. The Balaban J connectivity index is 0.896. The lowest BCUT2D eigenvalue weighted by Gasteiger charge is -2.22. The molecule has 0 fully saturated rings. The molecule has 4 heterocycles. The van der Waals surface area contributed by atoms with Crippen LogP contribution in [0.25, 0.3) is 11.1 Å². The Morgan fingerprint density at radius 3 is 1.53 bits per heavy atom. The van der Waals surface area contributed by atoms with Gasteiger partial charge in [0, 0.05) is 67.5 Å². The molecule has 0 unspecified atom stereocenters. The molecule has 12 heteroatoms. The zero-order chi connectivity index (χ0) is 40.6. The first-order chi connectivity index (χ1) is 28.0. The molecule has 0 saturated heterocycles. The van der Waals surface area contributed by atoms with Crippen molar-refractivity contribution in [1.29, 1.82) is 0 Å². The minimum atomic E-state index is -0.204. The molecule has 4 aliphatic heterocycles. The second-order valence-corrected chi connectivity index (χ2v) is 15.6. The Bertz CT molecular complexity index is 2360. The van der Waals surface area contributed by atoms with Gasteiger partial charge >= 0.3 is 0 Å². The summed E-state index contributed by atoms with van der Waals surface area (Å²) >= 11 is 0. The quantitative estimate of drug-likeness (QED) is 0.142. The Hall–Kier alpha value is -6.56. The van der Waals surface area contributed by atoms with Gasteiger partial charge in [0.15, 0.2) is 23.0 Å². The molecular formula is C46H47N5O7. The minimum absolute atomic E-state index is 0.0371. The minimum Gasteiger partial charge on any atom is -0.497 e. The number of methoxy groups -OCH3 is 3. The standard InChI is InChI=1S/C46H47N5O7/c1-46(2,3)49-32-12-8-28(9-13-32)30-18-33-24-47-38-22-42(40(55-5)20-36(38)44(52)50(33)26-30)57-16-7-17-58-43-23-39-37(21-41(43)56-6)45(53)51-27-31(19-34(51)25-48-39)29-10-14-35(54-4)15-11-29/h8-15,20-27,33-34,49H,7,16-19H2,1-6H3/t33-,34-/m0/s1. The van der Waals surface area contributed by atoms with E-state index in [-0.39, 0.29) is 29.4 Å². The number of aliphatic imine (C=N–C) groups is 2. The number of fused-ring (bicyclic) bond motifs is 4. The topological polar surface area (TPSA) is 124 Å². The van der Waals surface area contributed by atoms with Crippen molar-refractivity contribution in [2.75, 3.05) is 39.9 Å². The van der Waals surface area contributed by atoms with Gasteiger partial charge in [-0.05, 0) is 79.4 Å². The van der Waals surface area contributed by atoms with Crippen LogP contribution >= 0.6 is 0 Å². The van der Waals surface area contributed by atoms with Crippen molar-refractivity contribution in [1.82, 2.24) is 9.80 Å². The van der Waals surface area contributed by atoms with Gasteiger partial charge in [-0.1, -0.05) is 24.3 Å². The van der Waals surface area contributed by atoms with E-state index in [4.69, 9.17) is 33.7 Å². The zero-order valence-electron chi connectivity index (χ0n) is 33.6. The fraction of sp³-hybridized carbons (Fsp3) is 0.304. The number of rotatable bonds is 12. The normalized spacial score (nSPS) is 18.0. The van der Waals surface area contributed by atoms with E-state index in [0.717, 1.165) is 33.7 Å². The van der Waals surface area contributed by atoms with Crippen LogP contribution < -0.4 is 29.0 Å². The highest BCUT2D eigenvalue weighted by Gasteiger charge is 2.35. The van der Waals surface area contributed by atoms with Crippen molar-refractivity contribution >= 4 is 52.5 Å². The molecule has 0 radical (unpaired) electrons. The molecule has 2 amide bonds. The van der Waals surface area contributed by atoms with Crippen molar-refractivity contribution in [3.8, 4) is 28.7 Å². The van der Waals surface area contributed by atoms with Crippen LogP contribution in [0.4, 0.5) is 17.1 Å². The van der Waals surface area contributed by atoms with Gasteiger partial charge in [0.1, 0.15) is 5.75 Å². The molecule has 0 bridgehead atoms. The summed E-state index contributed by atoms with van der Waals surface area (Å²) in [7, 11) is 4.73. The van der Waals surface area contributed by atoms with Crippen LogP contribution in [0.15, 0.2) is 95.2 Å². The first-order valence-corrected chi connectivity index (χ1v) is 19.4. The Morgan fingerprint density at radius 2 is 1.10 bits per heavy atom. The second-order valence-electron chi connectivity index (χ2n) is 15.6. The predicted octanol–water partition coefficient (Wildman–Crippen LogP) is 8.71. The van der Waals surface area contributed by atoms with E-state index in [2.05, 4.69) is 50.4 Å². The van der Waals surface area contributed by atoms with Crippen LogP contribution in [-0.4, -0.2) is 86.2 Å². The number of carbonyl (C=O) groups is 2. The molecule has 4 aromatic carbocycles. The van der Waals surface area contributed by atoms with Crippen molar-refractivity contribution in [2.45, 2.75) is 57.7 Å². The second kappa shape index (κ2) is 15.8. The Labute approximate surface area is 338 Å². The monoisotopic (exact) mass is 781 g/mol. The summed E-state index contributed by atoms with van der Waals surface area (Å²) in [5.74, 6) is 2.31. The summed E-state index contributed by atoms with van der Waals surface area (Å²) < 4.78 is 28.9. The zero-order valence-corrected chi connectivity index (χ0v) is 33.6. The largest absolute Gasteiger partial charge is 0.497 e. The number of ether oxygens (including phenoxy) is 5. The average molecular weight is 782 g/mol. The van der Waals surface area contributed by atoms with E-state index in [1.807, 2.05) is 49.1 Å². The summed E-state index contributed by atoms with van der Waals surface area (Å²) in [6, 6.07) is 22.6. The molecule has 12 nitrogen and oxygen atoms in total. The summed E-state index contributed by atoms with van der Waals surface area (Å²) in [5.41, 5.74) is 7.16. The van der Waals surface area contributed by atoms with Crippen molar-refractivity contribution in [2.24, 2.45) is 9.98 Å². The Morgan fingerprint density at radius 1 is 0.638 bits per heavy atom. The van der Waals surface area contributed by atoms with Gasteiger partial charge in [-0.3, -0.25) is 19.6 Å². The SMILES string of the molecule is COc1ccc(C2=CN3C(=O)c4cc(OC)c(OCCCOc5cc6c(cc5OC)C(=O)N5C=C(c7ccc(NC(C)(C)C)cc7)C[C@H]5C=N6)cc4N=C[C@@H]3C2)cc1. The van der Waals surface area contributed by atoms with Gasteiger partial charge in [0.05, 0.1) is 69.1 Å². The fourth-order valence-corrected chi connectivity index (χ4v) is 7.57. The number of hydrogen-bond acceptors (Lipinski definition) is 10. The van der Waals surface area contributed by atoms with E-state index in [1.54, 1.807) is 55.4 Å². The van der Waals surface area contributed by atoms with Gasteiger partial charge < -0.3 is 38.8 Å². The highest BCUT2D eigenvalue weighted by molar-refractivity contribution is 6.06. The maximum atomic E-state index is 13.9. The van der Waals surface area contributed by atoms with Crippen LogP contribution in [0.3, 0.4) is 0 Å². The number of carbonyl (C=O) groups excluding carboxylic acids is 2. The molecule has 0 aromatic heterocycles. The maximum Gasteiger partial charge on any atom is 0.260 e. The third kappa shape index (κ3) is 7.74. The molecule has 4 aromatic rings. The van der Waals surface area contributed by atoms with Crippen LogP contribution in [-0.2, 0) is 0 Å². The fourth-order valence-electron chi connectivity index (χ4n) is 7.57. The third-order valence-corrected chi connectivity index (χ3v) is 10.5. The van der Waals surface area contributed by atoms with Gasteiger partial charge in [-0.15, -0.1) is 0 Å². The first-order valence-electron chi connectivity index (χ1n) is 19.4. The van der Waals surface area contributed by atoms with Gasteiger partial charge in [-0.2, -0.15) is 0 Å². The van der Waals surface area contributed by atoms with E-state index in [1.165, 1.54) is 0 Å². The summed E-state index contributed by atoms with van der Waals surface area (Å²) in [4.78, 5) is 40.6. The van der Waals surface area contributed by atoms with Crippen LogP contribution in [0.2, 0.25) is 0 Å². The molecule has 8 rings (SSSR count). The number of amides is 2. The predicted molar refractivity (Wildman–Crippen MR) is 226 cm³/mol. The molecule has 0 aliphatic carbocycles. The lowest BCUT2D eigenvalue weighted by atomic mass is 10.0. The molecular weight excluding hydrogens is 735 g/mol. The Kier molecular flexibility index (Phi) is 10.4. The van der Waals surface area contributed by atoms with E-state index >= 15 is 0 Å². The van der Waals surface area contributed by atoms with Crippen molar-refractivity contribution < 1.29 is 33.3 Å². The molecule has 1 N–H and O–H groups in total. The third-order valence-electron chi connectivity index (χ3n) is 10.5. The smallest absolute Gasteiger partial charge is 0.260 e. The first kappa shape index (κ1) is 38.3. The van der Waals surface area contributed by atoms with Crippen LogP contribution in [0, 0.1) is 0 Å². The number of hydrogen-bond donors (Lipinski definition) is 1. The molecule has 298 valence electrons. The molecule has 0 saturated carbocycles. The van der Waals surface area contributed by atoms with Crippen molar-refractivity contribution in [3.05, 3.63) is 107 Å². The molecule has 2 atom stereocenters. The van der Waals surface area contributed by atoms with Gasteiger partial charge in [0.2, 0.25) is 0 Å².